The van der Waals surface area contributed by atoms with E-state index in [2.05, 4.69) is 0 Å². The number of hydrogen-bond donors (Lipinski definition) is 2. The Labute approximate surface area is 112 Å². The molecule has 0 aliphatic carbocycles. The lowest BCUT2D eigenvalue weighted by Gasteiger charge is -2.31. The van der Waals surface area contributed by atoms with Gasteiger partial charge in [0.15, 0.2) is 0 Å². The molecule has 2 N–H and O–H groups in total. The number of likely N-dealkylation sites (tertiary alicyclic amines) is 1. The van der Waals surface area contributed by atoms with Crippen LogP contribution in [0.4, 0.5) is 4.39 Å². The minimum atomic E-state index is -0.615. The average molecular weight is 269 g/mol. The van der Waals surface area contributed by atoms with Gasteiger partial charge in [0.1, 0.15) is 24.3 Å². The van der Waals surface area contributed by atoms with Crippen LogP contribution in [0.5, 0.6) is 5.75 Å². The molecule has 0 unspecified atom stereocenters. The van der Waals surface area contributed by atoms with Crippen LogP contribution in [0.15, 0.2) is 24.3 Å². The Kier molecular flexibility index (Phi) is 5.13. The van der Waals surface area contributed by atoms with E-state index in [0.29, 0.717) is 18.8 Å². The highest BCUT2D eigenvalue weighted by molar-refractivity contribution is 5.22. The van der Waals surface area contributed by atoms with E-state index in [1.54, 1.807) is 0 Å². The van der Waals surface area contributed by atoms with Crippen molar-refractivity contribution in [2.75, 3.05) is 26.2 Å². The number of halogens is 1. The summed E-state index contributed by atoms with van der Waals surface area (Å²) in [6, 6.07) is 5.71. The Morgan fingerprint density at radius 3 is 2.79 bits per heavy atom. The van der Waals surface area contributed by atoms with E-state index in [1.165, 1.54) is 24.3 Å². The van der Waals surface area contributed by atoms with E-state index in [9.17, 15) is 14.6 Å². The summed E-state index contributed by atoms with van der Waals surface area (Å²) in [4.78, 5) is 2.03. The summed E-state index contributed by atoms with van der Waals surface area (Å²) in [6.45, 7) is 2.15. The van der Waals surface area contributed by atoms with Gasteiger partial charge in [-0.2, -0.15) is 0 Å². The van der Waals surface area contributed by atoms with Crippen LogP contribution in [0.2, 0.25) is 0 Å². The third kappa shape index (κ3) is 4.78. The fourth-order valence-electron chi connectivity index (χ4n) is 2.27. The second kappa shape index (κ2) is 6.84. The molecule has 19 heavy (non-hydrogen) atoms. The average Bonchev–Trinajstić information content (AvgIpc) is 2.38. The zero-order valence-electron chi connectivity index (χ0n) is 10.8. The highest BCUT2D eigenvalue weighted by Crippen LogP contribution is 2.13. The zero-order chi connectivity index (χ0) is 13.7. The predicted octanol–water partition coefficient (Wildman–Crippen LogP) is 1.02. The molecule has 2 rings (SSSR count). The van der Waals surface area contributed by atoms with Gasteiger partial charge in [-0.05, 0) is 43.7 Å². The van der Waals surface area contributed by atoms with Crippen molar-refractivity contribution in [3.63, 3.8) is 0 Å². The van der Waals surface area contributed by atoms with Gasteiger partial charge < -0.3 is 14.9 Å². The summed E-state index contributed by atoms with van der Waals surface area (Å²) in [5.74, 6) is 0.231. The van der Waals surface area contributed by atoms with Crippen molar-refractivity contribution >= 4 is 0 Å². The smallest absolute Gasteiger partial charge is 0.123 e. The van der Waals surface area contributed by atoms with Crippen molar-refractivity contribution < 1.29 is 19.3 Å². The minimum Gasteiger partial charge on any atom is -0.491 e. The SMILES string of the molecule is O[C@@H]1CCCN(C[C@@H](O)COc2ccc(F)cc2)C1. The van der Waals surface area contributed by atoms with Crippen LogP contribution in [-0.2, 0) is 0 Å². The lowest BCUT2D eigenvalue weighted by Crippen LogP contribution is -2.43. The van der Waals surface area contributed by atoms with E-state index < -0.39 is 6.10 Å². The molecular formula is C14H20FNO3. The van der Waals surface area contributed by atoms with Crippen molar-refractivity contribution in [3.8, 4) is 5.75 Å². The van der Waals surface area contributed by atoms with Crippen molar-refractivity contribution in [1.29, 1.82) is 0 Å². The topological polar surface area (TPSA) is 52.9 Å². The van der Waals surface area contributed by atoms with Crippen molar-refractivity contribution in [1.82, 2.24) is 4.90 Å². The van der Waals surface area contributed by atoms with Gasteiger partial charge >= 0.3 is 0 Å². The first-order valence-electron chi connectivity index (χ1n) is 6.60. The molecule has 1 aliphatic heterocycles. The van der Waals surface area contributed by atoms with Crippen LogP contribution in [0, 0.1) is 5.82 Å². The third-order valence-corrected chi connectivity index (χ3v) is 3.21. The predicted molar refractivity (Wildman–Crippen MR) is 69.6 cm³/mol. The molecule has 1 saturated heterocycles. The molecule has 4 nitrogen and oxygen atoms in total. The highest BCUT2D eigenvalue weighted by atomic mass is 19.1. The number of hydrogen-bond acceptors (Lipinski definition) is 4. The Hall–Kier alpha value is -1.17. The molecule has 1 aromatic carbocycles. The van der Waals surface area contributed by atoms with Gasteiger partial charge in [0.25, 0.3) is 0 Å². The van der Waals surface area contributed by atoms with Crippen LogP contribution in [-0.4, -0.2) is 53.6 Å². The Bertz CT molecular complexity index is 385. The summed E-state index contributed by atoms with van der Waals surface area (Å²) in [5, 5.41) is 19.4. The van der Waals surface area contributed by atoms with Crippen LogP contribution in [0.3, 0.4) is 0 Å². The number of nitrogens with zero attached hydrogens (tertiary/aromatic N) is 1. The maximum atomic E-state index is 12.7. The van der Waals surface area contributed by atoms with Gasteiger partial charge in [0.2, 0.25) is 0 Å². The zero-order valence-corrected chi connectivity index (χ0v) is 10.8. The Morgan fingerprint density at radius 2 is 2.11 bits per heavy atom. The largest absolute Gasteiger partial charge is 0.491 e. The molecule has 0 radical (unpaired) electrons. The number of ether oxygens (including phenoxy) is 1. The van der Waals surface area contributed by atoms with E-state index >= 15 is 0 Å². The molecule has 0 saturated carbocycles. The maximum absolute atomic E-state index is 12.7. The van der Waals surface area contributed by atoms with Crippen molar-refractivity contribution in [3.05, 3.63) is 30.1 Å². The van der Waals surface area contributed by atoms with Gasteiger partial charge in [0, 0.05) is 13.1 Å². The number of β-amino-alcohol motifs (C(OH)–C–C–N with tert-alkyl or cyclic N) is 2. The summed E-state index contributed by atoms with van der Waals surface area (Å²) in [7, 11) is 0. The van der Waals surface area contributed by atoms with Gasteiger partial charge in [-0.3, -0.25) is 4.90 Å². The molecule has 106 valence electrons. The molecule has 0 amide bonds. The minimum absolute atomic E-state index is 0.165. The van der Waals surface area contributed by atoms with E-state index in [1.807, 2.05) is 4.90 Å². The number of aliphatic hydroxyl groups is 2. The summed E-state index contributed by atoms with van der Waals surface area (Å²) in [6.07, 6.45) is 0.875. The lowest BCUT2D eigenvalue weighted by molar-refractivity contribution is 0.0243. The Morgan fingerprint density at radius 1 is 1.37 bits per heavy atom. The molecule has 5 heteroatoms. The molecular weight excluding hydrogens is 249 g/mol. The molecule has 0 bridgehead atoms. The second-order valence-corrected chi connectivity index (χ2v) is 4.97. The summed E-state index contributed by atoms with van der Waals surface area (Å²) in [5.41, 5.74) is 0. The molecule has 0 aromatic heterocycles. The van der Waals surface area contributed by atoms with Crippen LogP contribution in [0.1, 0.15) is 12.8 Å². The third-order valence-electron chi connectivity index (χ3n) is 3.21. The van der Waals surface area contributed by atoms with Crippen LogP contribution < -0.4 is 4.74 Å². The number of piperidine rings is 1. The monoisotopic (exact) mass is 269 g/mol. The standard InChI is InChI=1S/C14H20FNO3/c15-11-3-5-14(6-4-11)19-10-13(18)9-16-7-1-2-12(17)8-16/h3-6,12-13,17-18H,1-2,7-10H2/t12-,13-/m1/s1. The molecule has 2 atom stereocenters. The van der Waals surface area contributed by atoms with Gasteiger partial charge in [-0.15, -0.1) is 0 Å². The van der Waals surface area contributed by atoms with Crippen molar-refractivity contribution in [2.45, 2.75) is 25.0 Å². The molecule has 1 aliphatic rings. The van der Waals surface area contributed by atoms with Crippen LogP contribution in [0.25, 0.3) is 0 Å². The van der Waals surface area contributed by atoms with E-state index in [4.69, 9.17) is 4.74 Å². The van der Waals surface area contributed by atoms with Gasteiger partial charge in [0.05, 0.1) is 6.10 Å². The van der Waals surface area contributed by atoms with E-state index in [0.717, 1.165) is 19.4 Å². The molecule has 1 heterocycles. The van der Waals surface area contributed by atoms with Gasteiger partial charge in [-0.1, -0.05) is 0 Å². The summed E-state index contributed by atoms with van der Waals surface area (Å²) < 4.78 is 18.1. The first-order valence-corrected chi connectivity index (χ1v) is 6.60. The summed E-state index contributed by atoms with van der Waals surface area (Å²) >= 11 is 0. The lowest BCUT2D eigenvalue weighted by atomic mass is 10.1. The van der Waals surface area contributed by atoms with Crippen LogP contribution >= 0.6 is 0 Å². The first-order chi connectivity index (χ1) is 9.13. The maximum Gasteiger partial charge on any atom is 0.123 e. The number of aliphatic hydroxyl groups excluding tert-OH is 2. The van der Waals surface area contributed by atoms with Crippen molar-refractivity contribution in [2.24, 2.45) is 0 Å². The molecule has 1 fully saturated rings. The van der Waals surface area contributed by atoms with Gasteiger partial charge in [-0.25, -0.2) is 4.39 Å². The fourth-order valence-corrected chi connectivity index (χ4v) is 2.27. The molecule has 1 aromatic rings. The van der Waals surface area contributed by atoms with E-state index in [-0.39, 0.29) is 18.5 Å². The fraction of sp³-hybridized carbons (Fsp3) is 0.571. The number of rotatable bonds is 5. The number of benzene rings is 1. The quantitative estimate of drug-likeness (QED) is 0.838. The second-order valence-electron chi connectivity index (χ2n) is 4.97. The Balaban J connectivity index is 1.72. The molecule has 0 spiro atoms. The normalized spacial score (nSPS) is 22.2. The highest BCUT2D eigenvalue weighted by Gasteiger charge is 2.20. The first kappa shape index (κ1) is 14.2.